The van der Waals surface area contributed by atoms with Crippen molar-refractivity contribution < 1.29 is 19.4 Å². The molecule has 0 unspecified atom stereocenters. The third-order valence-corrected chi connectivity index (χ3v) is 4.26. The molecule has 1 saturated carbocycles. The Morgan fingerprint density at radius 2 is 1.71 bits per heavy atom. The number of hydrogen-bond donors (Lipinski definition) is 2. The summed E-state index contributed by atoms with van der Waals surface area (Å²) in [6, 6.07) is 17.3. The van der Waals surface area contributed by atoms with Crippen LogP contribution in [0, 0.1) is 5.41 Å². The number of carboxylic acid groups (broad SMARTS) is 1. The quantitative estimate of drug-likeness (QED) is 0.821. The van der Waals surface area contributed by atoms with Crippen LogP contribution in [0.1, 0.15) is 12.8 Å². The zero-order chi connectivity index (χ0) is 17.0. The van der Waals surface area contributed by atoms with Crippen molar-refractivity contribution in [3.05, 3.63) is 54.6 Å². The van der Waals surface area contributed by atoms with E-state index in [2.05, 4.69) is 5.32 Å². The third-order valence-electron chi connectivity index (χ3n) is 4.26. The molecule has 2 aromatic rings. The van der Waals surface area contributed by atoms with Crippen molar-refractivity contribution in [2.75, 3.05) is 13.2 Å². The van der Waals surface area contributed by atoms with E-state index in [0.717, 1.165) is 11.1 Å². The van der Waals surface area contributed by atoms with Gasteiger partial charge in [0.15, 0.2) is 6.61 Å². The Morgan fingerprint density at radius 1 is 1.04 bits per heavy atom. The summed E-state index contributed by atoms with van der Waals surface area (Å²) < 4.78 is 5.64. The fourth-order valence-corrected chi connectivity index (χ4v) is 2.53. The van der Waals surface area contributed by atoms with Crippen molar-refractivity contribution in [2.45, 2.75) is 12.8 Å². The average Bonchev–Trinajstić information content (AvgIpc) is 3.41. The van der Waals surface area contributed by atoms with Gasteiger partial charge >= 0.3 is 5.97 Å². The van der Waals surface area contributed by atoms with E-state index < -0.39 is 11.4 Å². The molecular formula is C19H19NO4. The summed E-state index contributed by atoms with van der Waals surface area (Å²) in [6.07, 6.45) is 1.22. The highest BCUT2D eigenvalue weighted by Crippen LogP contribution is 2.45. The van der Waals surface area contributed by atoms with Crippen LogP contribution in [0.4, 0.5) is 0 Å². The molecule has 0 aromatic heterocycles. The first-order valence-corrected chi connectivity index (χ1v) is 7.88. The van der Waals surface area contributed by atoms with Gasteiger partial charge in [-0.15, -0.1) is 0 Å². The number of aliphatic carboxylic acids is 1. The van der Waals surface area contributed by atoms with Gasteiger partial charge in [-0.1, -0.05) is 48.5 Å². The smallest absolute Gasteiger partial charge is 0.311 e. The highest BCUT2D eigenvalue weighted by atomic mass is 16.5. The Hall–Kier alpha value is -2.82. The van der Waals surface area contributed by atoms with E-state index in [4.69, 9.17) is 9.84 Å². The molecule has 0 bridgehead atoms. The number of ether oxygens (including phenoxy) is 1. The maximum atomic E-state index is 11.9. The van der Waals surface area contributed by atoms with Gasteiger partial charge in [0.25, 0.3) is 5.91 Å². The lowest BCUT2D eigenvalue weighted by Crippen LogP contribution is -2.36. The van der Waals surface area contributed by atoms with Crippen LogP contribution in [-0.4, -0.2) is 30.1 Å². The van der Waals surface area contributed by atoms with Gasteiger partial charge in [0.05, 0.1) is 5.41 Å². The Kier molecular flexibility index (Phi) is 4.51. The normalized spacial score (nSPS) is 14.7. The van der Waals surface area contributed by atoms with Crippen LogP contribution in [0.2, 0.25) is 0 Å². The van der Waals surface area contributed by atoms with Gasteiger partial charge in [0, 0.05) is 12.1 Å². The molecule has 24 heavy (non-hydrogen) atoms. The Morgan fingerprint density at radius 3 is 2.38 bits per heavy atom. The molecule has 0 heterocycles. The highest BCUT2D eigenvalue weighted by Gasteiger charge is 2.50. The number of carboxylic acids is 1. The van der Waals surface area contributed by atoms with Crippen LogP contribution in [0.25, 0.3) is 11.1 Å². The minimum atomic E-state index is -0.849. The van der Waals surface area contributed by atoms with E-state index in [1.807, 2.05) is 54.6 Å². The molecule has 2 N–H and O–H groups in total. The zero-order valence-electron chi connectivity index (χ0n) is 13.2. The molecule has 0 aliphatic heterocycles. The molecule has 0 atom stereocenters. The lowest BCUT2D eigenvalue weighted by molar-refractivity contribution is -0.143. The van der Waals surface area contributed by atoms with E-state index in [0.29, 0.717) is 18.6 Å². The summed E-state index contributed by atoms with van der Waals surface area (Å²) in [5.74, 6) is -0.540. The number of amides is 1. The predicted octanol–water partition coefficient (Wildman–Crippen LogP) is 2.71. The van der Waals surface area contributed by atoms with Crippen LogP contribution in [0.15, 0.2) is 54.6 Å². The molecule has 0 saturated heterocycles. The number of carbonyl (C=O) groups is 2. The molecule has 5 heteroatoms. The maximum Gasteiger partial charge on any atom is 0.311 e. The van der Waals surface area contributed by atoms with E-state index in [9.17, 15) is 9.59 Å². The molecule has 124 valence electrons. The van der Waals surface area contributed by atoms with Gasteiger partial charge in [0.1, 0.15) is 5.75 Å². The lowest BCUT2D eigenvalue weighted by atomic mass is 10.1. The number of rotatable bonds is 7. The Labute approximate surface area is 140 Å². The van der Waals surface area contributed by atoms with Crippen LogP contribution >= 0.6 is 0 Å². The van der Waals surface area contributed by atoms with E-state index >= 15 is 0 Å². The fraction of sp³-hybridized carbons (Fsp3) is 0.263. The Balaban J connectivity index is 1.59. The molecule has 1 amide bonds. The molecule has 3 rings (SSSR count). The topological polar surface area (TPSA) is 75.6 Å². The van der Waals surface area contributed by atoms with E-state index in [1.165, 1.54) is 0 Å². The molecule has 2 aromatic carbocycles. The van der Waals surface area contributed by atoms with Gasteiger partial charge in [-0.25, -0.2) is 0 Å². The minimum absolute atomic E-state index is 0.139. The van der Waals surface area contributed by atoms with Crippen molar-refractivity contribution in [2.24, 2.45) is 5.41 Å². The second-order valence-electron chi connectivity index (χ2n) is 6.01. The summed E-state index contributed by atoms with van der Waals surface area (Å²) >= 11 is 0. The number of hydrogen-bond acceptors (Lipinski definition) is 3. The predicted molar refractivity (Wildman–Crippen MR) is 89.7 cm³/mol. The van der Waals surface area contributed by atoms with Crippen LogP contribution in [-0.2, 0) is 9.59 Å². The monoisotopic (exact) mass is 325 g/mol. The largest absolute Gasteiger partial charge is 0.483 e. The van der Waals surface area contributed by atoms with Gasteiger partial charge in [-0.05, 0) is 24.5 Å². The number of para-hydroxylation sites is 1. The molecular weight excluding hydrogens is 306 g/mol. The molecule has 1 fully saturated rings. The number of nitrogens with one attached hydrogen (secondary N) is 1. The lowest BCUT2D eigenvalue weighted by Gasteiger charge is -2.13. The summed E-state index contributed by atoms with van der Waals surface area (Å²) in [5, 5.41) is 11.8. The standard InChI is InChI=1S/C19H19NO4/c21-17(20-13-19(10-11-19)18(22)23)12-24-16-9-5-4-8-15(16)14-6-2-1-3-7-14/h1-9H,10-13H2,(H,20,21)(H,22,23). The zero-order valence-corrected chi connectivity index (χ0v) is 13.2. The van der Waals surface area contributed by atoms with Gasteiger partial charge in [0.2, 0.25) is 0 Å². The first kappa shape index (κ1) is 16.1. The summed E-state index contributed by atoms with van der Waals surface area (Å²) in [5.41, 5.74) is 1.16. The molecule has 1 aliphatic rings. The van der Waals surface area contributed by atoms with Crippen LogP contribution in [0.3, 0.4) is 0 Å². The number of carbonyl (C=O) groups excluding carboxylic acids is 1. The van der Waals surface area contributed by atoms with Crippen molar-refractivity contribution in [1.82, 2.24) is 5.32 Å². The summed E-state index contributed by atoms with van der Waals surface area (Å²) in [4.78, 5) is 23.0. The van der Waals surface area contributed by atoms with Crippen LogP contribution in [0.5, 0.6) is 5.75 Å². The average molecular weight is 325 g/mol. The van der Waals surface area contributed by atoms with E-state index in [-0.39, 0.29) is 19.1 Å². The second-order valence-corrected chi connectivity index (χ2v) is 6.01. The van der Waals surface area contributed by atoms with Gasteiger partial charge in [-0.3, -0.25) is 9.59 Å². The van der Waals surface area contributed by atoms with Crippen molar-refractivity contribution in [3.8, 4) is 16.9 Å². The molecule has 5 nitrogen and oxygen atoms in total. The van der Waals surface area contributed by atoms with Crippen molar-refractivity contribution in [3.63, 3.8) is 0 Å². The first-order valence-electron chi connectivity index (χ1n) is 7.88. The first-order chi connectivity index (χ1) is 11.6. The summed E-state index contributed by atoms with van der Waals surface area (Å²) in [7, 11) is 0. The van der Waals surface area contributed by atoms with Gasteiger partial charge < -0.3 is 15.2 Å². The minimum Gasteiger partial charge on any atom is -0.483 e. The maximum absolute atomic E-state index is 11.9. The van der Waals surface area contributed by atoms with Gasteiger partial charge in [-0.2, -0.15) is 0 Å². The third kappa shape index (κ3) is 3.56. The molecule has 0 spiro atoms. The molecule has 0 radical (unpaired) electrons. The fourth-order valence-electron chi connectivity index (χ4n) is 2.53. The number of benzene rings is 2. The SMILES string of the molecule is O=C(COc1ccccc1-c1ccccc1)NCC1(C(=O)O)CC1. The Bertz CT molecular complexity index is 738. The van der Waals surface area contributed by atoms with Crippen molar-refractivity contribution in [1.29, 1.82) is 0 Å². The van der Waals surface area contributed by atoms with Crippen molar-refractivity contribution >= 4 is 11.9 Å². The second kappa shape index (κ2) is 6.74. The highest BCUT2D eigenvalue weighted by molar-refractivity contribution is 5.81. The van der Waals surface area contributed by atoms with Crippen LogP contribution < -0.4 is 10.1 Å². The molecule has 1 aliphatic carbocycles. The summed E-state index contributed by atoms with van der Waals surface area (Å²) in [6.45, 7) is 0.0183. The van der Waals surface area contributed by atoms with E-state index in [1.54, 1.807) is 0 Å².